The van der Waals surface area contributed by atoms with Gasteiger partial charge in [-0.15, -0.1) is 0 Å². The molecule has 3 N–H and O–H groups in total. The lowest BCUT2D eigenvalue weighted by Crippen LogP contribution is -2.24. The molecule has 3 nitrogen and oxygen atoms in total. The molecule has 0 saturated carbocycles. The Hall–Kier alpha value is -1.01. The summed E-state index contributed by atoms with van der Waals surface area (Å²) in [6.07, 6.45) is 0.957. The van der Waals surface area contributed by atoms with E-state index >= 15 is 0 Å². The summed E-state index contributed by atoms with van der Waals surface area (Å²) in [6, 6.07) is 2.21. The van der Waals surface area contributed by atoms with E-state index in [2.05, 4.69) is 21.2 Å². The van der Waals surface area contributed by atoms with Gasteiger partial charge in [0, 0.05) is 10.9 Å². The van der Waals surface area contributed by atoms with Crippen LogP contribution in [0.3, 0.4) is 0 Å². The predicted molar refractivity (Wildman–Crippen MR) is 79.3 cm³/mol. The van der Waals surface area contributed by atoms with Crippen LogP contribution in [0, 0.1) is 23.5 Å². The molecule has 0 fully saturated rings. The van der Waals surface area contributed by atoms with Crippen molar-refractivity contribution in [2.75, 3.05) is 11.9 Å². The Balaban J connectivity index is 2.71. The van der Waals surface area contributed by atoms with Crippen molar-refractivity contribution in [3.05, 3.63) is 28.2 Å². The second-order valence-corrected chi connectivity index (χ2v) is 6.14. The summed E-state index contributed by atoms with van der Waals surface area (Å²) in [5.74, 6) is -1.62. The topological polar surface area (TPSA) is 55.1 Å². The van der Waals surface area contributed by atoms with Crippen LogP contribution in [0.15, 0.2) is 16.6 Å². The van der Waals surface area contributed by atoms with Crippen LogP contribution in [0.25, 0.3) is 0 Å². The summed E-state index contributed by atoms with van der Waals surface area (Å²) in [7, 11) is 0. The van der Waals surface area contributed by atoms with E-state index in [1.807, 2.05) is 13.8 Å². The van der Waals surface area contributed by atoms with Gasteiger partial charge in [0.2, 0.25) is 5.91 Å². The van der Waals surface area contributed by atoms with Crippen LogP contribution in [-0.4, -0.2) is 12.5 Å². The van der Waals surface area contributed by atoms with Crippen molar-refractivity contribution in [1.29, 1.82) is 0 Å². The highest BCUT2D eigenvalue weighted by molar-refractivity contribution is 9.10. The molecule has 1 aromatic carbocycles. The van der Waals surface area contributed by atoms with Crippen LogP contribution < -0.4 is 11.1 Å². The Bertz CT molecular complexity index is 457. The molecule has 112 valence electrons. The van der Waals surface area contributed by atoms with E-state index in [1.165, 1.54) is 0 Å². The number of benzene rings is 1. The van der Waals surface area contributed by atoms with Crippen LogP contribution in [0.1, 0.15) is 26.7 Å². The second kappa shape index (κ2) is 7.69. The molecular weight excluding hydrogens is 330 g/mol. The first-order valence-electron chi connectivity index (χ1n) is 6.48. The summed E-state index contributed by atoms with van der Waals surface area (Å²) < 4.78 is 27.5. The normalized spacial score (nSPS) is 12.6. The maximum Gasteiger partial charge on any atom is 0.224 e. The Labute approximate surface area is 126 Å². The number of halogens is 3. The molecule has 0 spiro atoms. The first-order valence-corrected chi connectivity index (χ1v) is 7.27. The number of rotatable bonds is 6. The summed E-state index contributed by atoms with van der Waals surface area (Å²) in [6.45, 7) is 4.44. The van der Waals surface area contributed by atoms with E-state index in [1.54, 1.807) is 0 Å². The Morgan fingerprint density at radius 3 is 2.35 bits per heavy atom. The zero-order valence-corrected chi connectivity index (χ0v) is 13.1. The number of nitrogens with two attached hydrogens (primary N) is 1. The monoisotopic (exact) mass is 348 g/mol. The van der Waals surface area contributed by atoms with Crippen LogP contribution in [0.5, 0.6) is 0 Å². The third-order valence-corrected chi connectivity index (χ3v) is 3.34. The summed E-state index contributed by atoms with van der Waals surface area (Å²) in [4.78, 5) is 11.8. The Kier molecular flexibility index (Phi) is 6.55. The highest BCUT2D eigenvalue weighted by atomic mass is 79.9. The van der Waals surface area contributed by atoms with Crippen molar-refractivity contribution in [3.8, 4) is 0 Å². The first kappa shape index (κ1) is 17.0. The molecule has 1 amide bonds. The number of hydrogen-bond acceptors (Lipinski definition) is 2. The number of amides is 1. The lowest BCUT2D eigenvalue weighted by atomic mass is 9.94. The van der Waals surface area contributed by atoms with Gasteiger partial charge in [-0.3, -0.25) is 4.79 Å². The van der Waals surface area contributed by atoms with Gasteiger partial charge < -0.3 is 11.1 Å². The van der Waals surface area contributed by atoms with Crippen LogP contribution >= 0.6 is 15.9 Å². The lowest BCUT2D eigenvalue weighted by Gasteiger charge is -2.17. The Morgan fingerprint density at radius 1 is 1.35 bits per heavy atom. The fourth-order valence-corrected chi connectivity index (χ4v) is 2.45. The number of anilines is 1. The zero-order valence-electron chi connectivity index (χ0n) is 11.6. The minimum absolute atomic E-state index is 0.0107. The molecule has 6 heteroatoms. The van der Waals surface area contributed by atoms with E-state index in [4.69, 9.17) is 5.73 Å². The fraction of sp³-hybridized carbons (Fsp3) is 0.500. The standard InChI is InChI=1S/C14H19BrF2N2O/c1-8(2)3-9(7-18)4-13(20)19-14-11(16)5-10(15)6-12(14)17/h5-6,8-9H,3-4,7,18H2,1-2H3,(H,19,20). The van der Waals surface area contributed by atoms with E-state index in [-0.39, 0.29) is 16.8 Å². The maximum atomic E-state index is 13.6. The van der Waals surface area contributed by atoms with Gasteiger partial charge in [0.05, 0.1) is 0 Å². The van der Waals surface area contributed by atoms with E-state index < -0.39 is 23.2 Å². The van der Waals surface area contributed by atoms with Crippen LogP contribution in [-0.2, 0) is 4.79 Å². The minimum atomic E-state index is -0.807. The highest BCUT2D eigenvalue weighted by Crippen LogP contribution is 2.24. The third kappa shape index (κ3) is 5.17. The molecule has 0 aliphatic heterocycles. The number of nitrogens with one attached hydrogen (secondary N) is 1. The predicted octanol–water partition coefficient (Wildman–Crippen LogP) is 3.68. The van der Waals surface area contributed by atoms with Crippen molar-refractivity contribution < 1.29 is 13.6 Å². The minimum Gasteiger partial charge on any atom is -0.330 e. The smallest absolute Gasteiger partial charge is 0.224 e. The number of carbonyl (C=O) groups excluding carboxylic acids is 1. The molecule has 0 bridgehead atoms. The molecule has 20 heavy (non-hydrogen) atoms. The van der Waals surface area contributed by atoms with E-state index in [0.717, 1.165) is 18.6 Å². The van der Waals surface area contributed by atoms with Crippen LogP contribution in [0.2, 0.25) is 0 Å². The molecule has 0 heterocycles. The third-order valence-electron chi connectivity index (χ3n) is 2.88. The molecule has 1 unspecified atom stereocenters. The van der Waals surface area contributed by atoms with Crippen molar-refractivity contribution >= 4 is 27.5 Å². The largest absolute Gasteiger partial charge is 0.330 e. The molecule has 0 radical (unpaired) electrons. The van der Waals surface area contributed by atoms with Gasteiger partial charge >= 0.3 is 0 Å². The van der Waals surface area contributed by atoms with Gasteiger partial charge in [-0.2, -0.15) is 0 Å². The summed E-state index contributed by atoms with van der Waals surface area (Å²) in [5, 5.41) is 2.28. The number of carbonyl (C=O) groups is 1. The van der Waals surface area contributed by atoms with Gasteiger partial charge in [0.25, 0.3) is 0 Å². The average molecular weight is 349 g/mol. The fourth-order valence-electron chi connectivity index (χ4n) is 2.04. The van der Waals surface area contributed by atoms with Crippen LogP contribution in [0.4, 0.5) is 14.5 Å². The molecule has 1 rings (SSSR count). The van der Waals surface area contributed by atoms with Gasteiger partial charge in [-0.25, -0.2) is 8.78 Å². The van der Waals surface area contributed by atoms with Gasteiger partial charge in [0.1, 0.15) is 5.69 Å². The quantitative estimate of drug-likeness (QED) is 0.823. The van der Waals surface area contributed by atoms with Crippen molar-refractivity contribution in [2.45, 2.75) is 26.7 Å². The second-order valence-electron chi connectivity index (χ2n) is 5.23. The Morgan fingerprint density at radius 2 is 1.90 bits per heavy atom. The lowest BCUT2D eigenvalue weighted by molar-refractivity contribution is -0.117. The molecular formula is C14H19BrF2N2O. The molecule has 0 aliphatic carbocycles. The van der Waals surface area contributed by atoms with Crippen molar-refractivity contribution in [2.24, 2.45) is 17.6 Å². The van der Waals surface area contributed by atoms with E-state index in [0.29, 0.717) is 12.5 Å². The van der Waals surface area contributed by atoms with Crippen molar-refractivity contribution in [3.63, 3.8) is 0 Å². The first-order chi connectivity index (χ1) is 9.33. The highest BCUT2D eigenvalue weighted by Gasteiger charge is 2.17. The van der Waals surface area contributed by atoms with Gasteiger partial charge in [0.15, 0.2) is 11.6 Å². The molecule has 0 aliphatic rings. The molecule has 0 aromatic heterocycles. The summed E-state index contributed by atoms with van der Waals surface area (Å²) >= 11 is 2.98. The van der Waals surface area contributed by atoms with Gasteiger partial charge in [-0.1, -0.05) is 29.8 Å². The molecule has 0 saturated heterocycles. The zero-order chi connectivity index (χ0) is 15.3. The maximum absolute atomic E-state index is 13.6. The average Bonchev–Trinajstić information content (AvgIpc) is 2.32. The number of hydrogen-bond donors (Lipinski definition) is 2. The van der Waals surface area contributed by atoms with Crippen molar-refractivity contribution in [1.82, 2.24) is 0 Å². The SMILES string of the molecule is CC(C)CC(CN)CC(=O)Nc1c(F)cc(Br)cc1F. The molecule has 1 aromatic rings. The van der Waals surface area contributed by atoms with E-state index in [9.17, 15) is 13.6 Å². The summed E-state index contributed by atoms with van der Waals surface area (Å²) in [5.41, 5.74) is 5.19. The molecule has 1 atom stereocenters. The van der Waals surface area contributed by atoms with Gasteiger partial charge in [-0.05, 0) is 36.9 Å².